The van der Waals surface area contributed by atoms with Gasteiger partial charge in [0, 0.05) is 24.4 Å². The predicted molar refractivity (Wildman–Crippen MR) is 115 cm³/mol. The average molecular weight is 457 g/mol. The van der Waals surface area contributed by atoms with Gasteiger partial charge >= 0.3 is 6.09 Å². The summed E-state index contributed by atoms with van der Waals surface area (Å²) in [5.74, 6) is -0.555. The molecule has 2 aromatic heterocycles. The zero-order chi connectivity index (χ0) is 22.1. The van der Waals surface area contributed by atoms with Crippen LogP contribution in [0.5, 0.6) is 5.88 Å². The van der Waals surface area contributed by atoms with Gasteiger partial charge in [0.1, 0.15) is 6.33 Å². The van der Waals surface area contributed by atoms with E-state index in [-0.39, 0.29) is 29.5 Å². The van der Waals surface area contributed by atoms with Crippen LogP contribution in [-0.4, -0.2) is 61.3 Å². The predicted octanol–water partition coefficient (Wildman–Crippen LogP) is 2.63. The monoisotopic (exact) mass is 456 g/mol. The maximum absolute atomic E-state index is 12.7. The first-order chi connectivity index (χ1) is 15.6. The summed E-state index contributed by atoms with van der Waals surface area (Å²) in [5.41, 5.74) is 0.430. The van der Waals surface area contributed by atoms with Crippen LogP contribution in [0, 0.1) is 11.8 Å². The zero-order valence-electron chi connectivity index (χ0n) is 17.5. The normalized spacial score (nSPS) is 24.0. The molecule has 3 aliphatic rings. The number of hydrogen-bond acceptors (Lipinski definition) is 8. The molecule has 2 saturated heterocycles. The minimum absolute atomic E-state index is 0.141. The Kier molecular flexibility index (Phi) is 5.81. The Morgan fingerprint density at radius 2 is 1.75 bits per heavy atom. The number of thioether (sulfide) groups is 1. The van der Waals surface area contributed by atoms with Crippen LogP contribution in [0.15, 0.2) is 29.8 Å². The Bertz CT molecular complexity index is 966. The van der Waals surface area contributed by atoms with E-state index < -0.39 is 6.09 Å². The van der Waals surface area contributed by atoms with Crippen LogP contribution in [0.2, 0.25) is 0 Å². The second-order valence-corrected chi connectivity index (χ2v) is 9.62. The summed E-state index contributed by atoms with van der Waals surface area (Å²) < 4.78 is 5.41. The number of fused-ring (bicyclic) bond motifs is 1. The third kappa shape index (κ3) is 4.08. The molecule has 1 saturated carbocycles. The summed E-state index contributed by atoms with van der Waals surface area (Å²) in [4.78, 5) is 49.2. The highest BCUT2D eigenvalue weighted by atomic mass is 32.2. The molecule has 1 aliphatic carbocycles. The first-order valence-corrected chi connectivity index (χ1v) is 11.8. The van der Waals surface area contributed by atoms with Crippen LogP contribution < -0.4 is 9.64 Å². The summed E-state index contributed by atoms with van der Waals surface area (Å²) in [5, 5.41) is 7.83. The lowest BCUT2D eigenvalue weighted by Gasteiger charge is -2.30. The molecular weight excluding hydrogens is 432 g/mol. The molecule has 10 nitrogen and oxygen atoms in total. The maximum atomic E-state index is 12.7. The van der Waals surface area contributed by atoms with Crippen LogP contribution in [0.3, 0.4) is 0 Å². The van der Waals surface area contributed by atoms with E-state index in [0.29, 0.717) is 24.0 Å². The third-order valence-electron chi connectivity index (χ3n) is 6.38. The number of H-pyrrole nitrogens is 1. The number of anilines is 1. The molecule has 0 aromatic carbocycles. The molecule has 32 heavy (non-hydrogen) atoms. The number of likely N-dealkylation sites (tertiary alicyclic amines) is 1. The largest absolute Gasteiger partial charge is 0.416 e. The number of rotatable bonds is 4. The lowest BCUT2D eigenvalue weighted by molar-refractivity contribution is -0.122. The van der Waals surface area contributed by atoms with Crippen LogP contribution in [0.25, 0.3) is 0 Å². The van der Waals surface area contributed by atoms with E-state index in [1.807, 2.05) is 0 Å². The molecule has 3 fully saturated rings. The molecule has 11 heteroatoms. The topological polar surface area (TPSA) is 121 Å². The molecule has 3 amide bonds. The fourth-order valence-corrected chi connectivity index (χ4v) is 5.68. The summed E-state index contributed by atoms with van der Waals surface area (Å²) >= 11 is 1.63. The summed E-state index contributed by atoms with van der Waals surface area (Å²) in [6.07, 6.45) is 7.61. The smallest absolute Gasteiger partial charge is 0.391 e. The van der Waals surface area contributed by atoms with Crippen molar-refractivity contribution in [2.45, 2.75) is 48.9 Å². The number of hydrogen-bond donors (Lipinski definition) is 1. The van der Waals surface area contributed by atoms with Gasteiger partial charge in [0.15, 0.2) is 5.16 Å². The van der Waals surface area contributed by atoms with E-state index in [9.17, 15) is 14.4 Å². The number of nitrogens with one attached hydrogen (secondary N) is 1. The van der Waals surface area contributed by atoms with E-state index in [1.54, 1.807) is 22.7 Å². The van der Waals surface area contributed by atoms with Crippen LogP contribution in [0.1, 0.15) is 38.5 Å². The molecule has 0 spiro atoms. The van der Waals surface area contributed by atoms with Gasteiger partial charge < -0.3 is 9.64 Å². The number of amides is 3. The maximum Gasteiger partial charge on any atom is 0.416 e. The second-order valence-electron chi connectivity index (χ2n) is 8.33. The number of pyridine rings is 1. The molecule has 2 atom stereocenters. The van der Waals surface area contributed by atoms with Crippen molar-refractivity contribution in [2.24, 2.45) is 11.8 Å². The number of imide groups is 1. The number of carbonyl (C=O) groups excluding carboxylic acids is 3. The lowest BCUT2D eigenvalue weighted by Crippen LogP contribution is -2.41. The highest BCUT2D eigenvalue weighted by molar-refractivity contribution is 7.99. The van der Waals surface area contributed by atoms with Gasteiger partial charge in [-0.05, 0) is 31.7 Å². The fourth-order valence-electron chi connectivity index (χ4n) is 4.70. The molecule has 0 radical (unpaired) electrons. The molecule has 4 heterocycles. The lowest BCUT2D eigenvalue weighted by atomic mass is 9.81. The van der Waals surface area contributed by atoms with Gasteiger partial charge in [0.25, 0.3) is 0 Å². The summed E-state index contributed by atoms with van der Waals surface area (Å²) in [6.45, 7) is 1.17. The quantitative estimate of drug-likeness (QED) is 0.697. The number of ether oxygens (including phenoxy) is 1. The SMILES string of the molecule is O=C(Oc1ccc(N2C(=O)C3CCCCC3C2=O)cn1)N1CCC(Sc2ncn[nH]2)CC1. The van der Waals surface area contributed by atoms with Gasteiger partial charge in [0.2, 0.25) is 17.7 Å². The molecule has 0 bridgehead atoms. The number of carbonyl (C=O) groups is 3. The highest BCUT2D eigenvalue weighted by Gasteiger charge is 2.48. The van der Waals surface area contributed by atoms with Crippen LogP contribution >= 0.6 is 11.8 Å². The van der Waals surface area contributed by atoms with Gasteiger partial charge in [-0.15, -0.1) is 0 Å². The van der Waals surface area contributed by atoms with Crippen molar-refractivity contribution in [3.05, 3.63) is 24.7 Å². The first-order valence-electron chi connectivity index (χ1n) is 10.9. The van der Waals surface area contributed by atoms with Crippen molar-refractivity contribution < 1.29 is 19.1 Å². The Morgan fingerprint density at radius 1 is 1.03 bits per heavy atom. The minimum atomic E-state index is -0.451. The summed E-state index contributed by atoms with van der Waals surface area (Å²) in [6, 6.07) is 3.14. The van der Waals surface area contributed by atoms with Crippen molar-refractivity contribution >= 4 is 35.4 Å². The van der Waals surface area contributed by atoms with Gasteiger partial charge in [-0.25, -0.2) is 19.7 Å². The van der Waals surface area contributed by atoms with Gasteiger partial charge in [-0.3, -0.25) is 14.7 Å². The minimum Gasteiger partial charge on any atom is -0.391 e. The average Bonchev–Trinajstić information content (AvgIpc) is 3.42. The van der Waals surface area contributed by atoms with E-state index in [0.717, 1.165) is 43.7 Å². The van der Waals surface area contributed by atoms with Crippen molar-refractivity contribution in [2.75, 3.05) is 18.0 Å². The molecule has 2 aromatic rings. The van der Waals surface area contributed by atoms with Gasteiger partial charge in [-0.2, -0.15) is 5.10 Å². The van der Waals surface area contributed by atoms with Gasteiger partial charge in [0.05, 0.1) is 23.7 Å². The van der Waals surface area contributed by atoms with E-state index in [1.165, 1.54) is 23.5 Å². The number of piperidine rings is 1. The standard InChI is InChI=1S/C21H24N6O4S/c28-18-15-3-1-2-4-16(15)19(29)27(18)13-5-6-17(22-11-13)31-21(30)26-9-7-14(8-10-26)32-20-23-12-24-25-20/h5-6,11-12,14-16H,1-4,7-10H2,(H,23,24,25). The third-order valence-corrected chi connectivity index (χ3v) is 7.61. The molecule has 2 unspecified atom stereocenters. The number of aromatic amines is 1. The van der Waals surface area contributed by atoms with Crippen LogP contribution in [0.4, 0.5) is 10.5 Å². The van der Waals surface area contributed by atoms with E-state index in [4.69, 9.17) is 4.74 Å². The Hall–Kier alpha value is -2.95. The fraction of sp³-hybridized carbons (Fsp3) is 0.524. The highest BCUT2D eigenvalue weighted by Crippen LogP contribution is 2.40. The van der Waals surface area contributed by atoms with Crippen molar-refractivity contribution in [3.8, 4) is 5.88 Å². The zero-order valence-corrected chi connectivity index (χ0v) is 18.3. The number of nitrogens with zero attached hydrogens (tertiary/aromatic N) is 5. The first kappa shape index (κ1) is 20.9. The van der Waals surface area contributed by atoms with Gasteiger partial charge in [-0.1, -0.05) is 24.6 Å². The van der Waals surface area contributed by atoms with E-state index in [2.05, 4.69) is 20.2 Å². The molecular formula is C21H24N6O4S. The molecule has 2 aliphatic heterocycles. The van der Waals surface area contributed by atoms with Crippen LogP contribution in [-0.2, 0) is 9.59 Å². The summed E-state index contributed by atoms with van der Waals surface area (Å²) in [7, 11) is 0. The number of aromatic nitrogens is 4. The molecule has 168 valence electrons. The second kappa shape index (κ2) is 8.89. The Morgan fingerprint density at radius 3 is 2.34 bits per heavy atom. The van der Waals surface area contributed by atoms with Crippen molar-refractivity contribution in [3.63, 3.8) is 0 Å². The van der Waals surface area contributed by atoms with Crippen molar-refractivity contribution in [1.29, 1.82) is 0 Å². The van der Waals surface area contributed by atoms with Crippen molar-refractivity contribution in [1.82, 2.24) is 25.1 Å². The molecule has 5 rings (SSSR count). The van der Waals surface area contributed by atoms with E-state index >= 15 is 0 Å². The Balaban J connectivity index is 1.16. The molecule has 1 N–H and O–H groups in total. The Labute approximate surface area is 189 Å².